The number of hydrogen-bond acceptors (Lipinski definition) is 6. The summed E-state index contributed by atoms with van der Waals surface area (Å²) in [6, 6.07) is 1.68. The van der Waals surface area contributed by atoms with Gasteiger partial charge in [0.25, 0.3) is 0 Å². The SMILES string of the molecule is CCCC(=CC(=O)CCc1cc(OC2CCCC2)c(O)c2c1C#CC1CC#CCC(C)CCC2C(COC)CCC1N=C(N)N)CO. The van der Waals surface area contributed by atoms with E-state index >= 15 is 0 Å². The second-order valence-electron chi connectivity index (χ2n) is 13.7. The van der Waals surface area contributed by atoms with Crippen LogP contribution in [-0.4, -0.2) is 54.4 Å². The largest absolute Gasteiger partial charge is 0.504 e. The van der Waals surface area contributed by atoms with Gasteiger partial charge in [0.1, 0.15) is 0 Å². The molecule has 5 rings (SSSR count). The summed E-state index contributed by atoms with van der Waals surface area (Å²) in [6.07, 6.45) is 12.6. The van der Waals surface area contributed by atoms with Gasteiger partial charge in [-0.15, -0.1) is 11.8 Å². The Balaban J connectivity index is 1.93. The first kappa shape index (κ1) is 36.4. The van der Waals surface area contributed by atoms with E-state index in [1.165, 1.54) is 0 Å². The standard InChI is InChI=1S/C39H55N3O5/c1-4-9-27(24-43)22-31(44)18-15-29-23-36(47-32-12-7-8-13-32)38(45)37-33(29)20-16-28-11-6-5-10-26(2)14-19-34(37)30(25-46-3)17-21-35(28)42-39(40)41/h22-23,26,28,30,32,34-35,43,45H,4,7-15,17-19,21,24-25H2,1-3H3,(H4,40,41,42). The number of methoxy groups -OCH3 is 1. The topological polar surface area (TPSA) is 140 Å². The van der Waals surface area contributed by atoms with Crippen molar-refractivity contribution < 1.29 is 24.5 Å². The first-order chi connectivity index (χ1) is 22.7. The monoisotopic (exact) mass is 645 g/mol. The quantitative estimate of drug-likeness (QED) is 0.0961. The number of guanidine groups is 1. The van der Waals surface area contributed by atoms with Gasteiger partial charge in [-0.25, -0.2) is 4.99 Å². The molecule has 5 atom stereocenters. The Kier molecular flexibility index (Phi) is 14.1. The van der Waals surface area contributed by atoms with Crippen LogP contribution in [-0.2, 0) is 16.0 Å². The molecule has 1 saturated carbocycles. The third-order valence-corrected chi connectivity index (χ3v) is 9.94. The number of carbonyl (C=O) groups excluding carboxylic acids is 1. The lowest BCUT2D eigenvalue weighted by Crippen LogP contribution is -2.30. The van der Waals surface area contributed by atoms with Crippen molar-refractivity contribution >= 4 is 11.7 Å². The zero-order valence-electron chi connectivity index (χ0n) is 28.7. The number of benzene rings is 1. The van der Waals surface area contributed by atoms with E-state index in [0.29, 0.717) is 44.0 Å². The van der Waals surface area contributed by atoms with Crippen LogP contribution in [0.1, 0.15) is 120 Å². The number of phenolic OH excluding ortho intramolecular Hbond substituents is 1. The van der Waals surface area contributed by atoms with E-state index in [-0.39, 0.29) is 60.4 Å². The third kappa shape index (κ3) is 10.3. The Morgan fingerprint density at radius 3 is 2.55 bits per heavy atom. The van der Waals surface area contributed by atoms with Crippen molar-refractivity contribution in [2.24, 2.45) is 34.2 Å². The molecule has 2 bridgehead atoms. The zero-order chi connectivity index (χ0) is 33.8. The predicted octanol–water partition coefficient (Wildman–Crippen LogP) is 5.90. The van der Waals surface area contributed by atoms with Gasteiger partial charge in [0.05, 0.1) is 24.7 Å². The van der Waals surface area contributed by atoms with Crippen LogP contribution in [0, 0.1) is 41.4 Å². The van der Waals surface area contributed by atoms with E-state index in [0.717, 1.165) is 80.1 Å². The number of phenols is 1. The van der Waals surface area contributed by atoms with Crippen molar-refractivity contribution in [1.29, 1.82) is 0 Å². The molecule has 0 amide bonds. The molecule has 5 unspecified atom stereocenters. The Morgan fingerprint density at radius 1 is 1.09 bits per heavy atom. The average Bonchev–Trinajstić information content (AvgIpc) is 3.56. The molecule has 47 heavy (non-hydrogen) atoms. The second kappa shape index (κ2) is 18.2. The van der Waals surface area contributed by atoms with Gasteiger partial charge in [-0.3, -0.25) is 4.79 Å². The van der Waals surface area contributed by atoms with Crippen molar-refractivity contribution in [3.63, 3.8) is 0 Å². The number of rotatable bonds is 12. The molecule has 0 aliphatic heterocycles. The van der Waals surface area contributed by atoms with Crippen LogP contribution in [0.2, 0.25) is 0 Å². The van der Waals surface area contributed by atoms with Crippen LogP contribution >= 0.6 is 0 Å². The first-order valence-corrected chi connectivity index (χ1v) is 17.7. The average molecular weight is 646 g/mol. The molecule has 8 nitrogen and oxygen atoms in total. The smallest absolute Gasteiger partial charge is 0.186 e. The number of allylic oxidation sites excluding steroid dienone is 1. The third-order valence-electron chi connectivity index (χ3n) is 9.94. The van der Waals surface area contributed by atoms with Gasteiger partial charge in [0.15, 0.2) is 23.2 Å². The molecular formula is C39H55N3O5. The number of aromatic hydroxyl groups is 1. The number of fused-ring (bicyclic) bond motifs is 8. The number of nitrogens with two attached hydrogens (primary N) is 2. The molecule has 8 heteroatoms. The molecule has 4 aliphatic rings. The molecule has 1 aromatic carbocycles. The van der Waals surface area contributed by atoms with Crippen LogP contribution in [0.25, 0.3) is 0 Å². The summed E-state index contributed by atoms with van der Waals surface area (Å²) < 4.78 is 12.4. The maximum Gasteiger partial charge on any atom is 0.186 e. The molecule has 0 aromatic heterocycles. The highest BCUT2D eigenvalue weighted by atomic mass is 16.5. The number of ketones is 1. The van der Waals surface area contributed by atoms with Crippen LogP contribution in [0.3, 0.4) is 0 Å². The summed E-state index contributed by atoms with van der Waals surface area (Å²) in [5.74, 6) is 14.6. The second-order valence-corrected chi connectivity index (χ2v) is 13.7. The summed E-state index contributed by atoms with van der Waals surface area (Å²) in [5.41, 5.74) is 15.1. The lowest BCUT2D eigenvalue weighted by atomic mass is 9.74. The minimum atomic E-state index is -0.231. The first-order valence-electron chi connectivity index (χ1n) is 17.7. The molecule has 0 saturated heterocycles. The molecule has 1 aromatic rings. The molecule has 0 spiro atoms. The Hall–Kier alpha value is -3.46. The van der Waals surface area contributed by atoms with E-state index in [1.807, 2.05) is 13.0 Å². The van der Waals surface area contributed by atoms with E-state index in [1.54, 1.807) is 13.2 Å². The van der Waals surface area contributed by atoms with Crippen LogP contribution in [0.5, 0.6) is 11.5 Å². The highest BCUT2D eigenvalue weighted by Crippen LogP contribution is 2.47. The van der Waals surface area contributed by atoms with Crippen molar-refractivity contribution in [2.45, 2.75) is 122 Å². The summed E-state index contributed by atoms with van der Waals surface area (Å²) in [7, 11) is 1.72. The van der Waals surface area contributed by atoms with Gasteiger partial charge in [-0.1, -0.05) is 32.1 Å². The lowest BCUT2D eigenvalue weighted by Gasteiger charge is -2.33. The summed E-state index contributed by atoms with van der Waals surface area (Å²) in [5, 5.41) is 21.9. The van der Waals surface area contributed by atoms with Crippen LogP contribution < -0.4 is 16.2 Å². The number of aliphatic imine (C=N–C) groups is 1. The Bertz CT molecular complexity index is 1400. The number of hydrogen-bond donors (Lipinski definition) is 4. The van der Waals surface area contributed by atoms with Crippen molar-refractivity contribution in [3.8, 4) is 35.2 Å². The number of aliphatic hydroxyl groups is 1. The van der Waals surface area contributed by atoms with Crippen LogP contribution in [0.15, 0.2) is 22.7 Å². The molecule has 4 aliphatic carbocycles. The lowest BCUT2D eigenvalue weighted by molar-refractivity contribution is -0.114. The van der Waals surface area contributed by atoms with Gasteiger partial charge in [0, 0.05) is 44.1 Å². The number of ether oxygens (including phenoxy) is 2. The van der Waals surface area contributed by atoms with Gasteiger partial charge >= 0.3 is 0 Å². The Morgan fingerprint density at radius 2 is 1.85 bits per heavy atom. The zero-order valence-corrected chi connectivity index (χ0v) is 28.7. The number of aryl methyl sites for hydroxylation is 1. The van der Waals surface area contributed by atoms with Gasteiger partial charge in [-0.2, -0.15) is 0 Å². The Labute approximate surface area is 281 Å². The number of nitrogens with zero attached hydrogens (tertiary/aromatic N) is 1. The summed E-state index contributed by atoms with van der Waals surface area (Å²) >= 11 is 0. The number of aliphatic hydroxyl groups excluding tert-OH is 1. The fourth-order valence-corrected chi connectivity index (χ4v) is 7.39. The van der Waals surface area contributed by atoms with E-state index < -0.39 is 0 Å². The highest BCUT2D eigenvalue weighted by Gasteiger charge is 2.34. The minimum absolute atomic E-state index is 0.0360. The van der Waals surface area contributed by atoms with E-state index in [9.17, 15) is 15.0 Å². The fourth-order valence-electron chi connectivity index (χ4n) is 7.39. The molecule has 0 radical (unpaired) electrons. The predicted molar refractivity (Wildman–Crippen MR) is 187 cm³/mol. The van der Waals surface area contributed by atoms with Gasteiger partial charge in [-0.05, 0) is 105 Å². The fraction of sp³-hybridized carbons (Fsp3) is 0.641. The molecule has 0 heterocycles. The van der Waals surface area contributed by atoms with E-state index in [2.05, 4.69) is 35.6 Å². The molecule has 1 fully saturated rings. The number of carbonyl (C=O) groups is 1. The van der Waals surface area contributed by atoms with Crippen molar-refractivity contribution in [3.05, 3.63) is 34.4 Å². The normalized spacial score (nSPS) is 24.9. The van der Waals surface area contributed by atoms with Crippen molar-refractivity contribution in [2.75, 3.05) is 20.3 Å². The van der Waals surface area contributed by atoms with Crippen molar-refractivity contribution in [1.82, 2.24) is 0 Å². The molecular weight excluding hydrogens is 590 g/mol. The highest BCUT2D eigenvalue weighted by molar-refractivity contribution is 5.90. The van der Waals surface area contributed by atoms with Gasteiger partial charge < -0.3 is 31.2 Å². The van der Waals surface area contributed by atoms with Gasteiger partial charge in [0.2, 0.25) is 0 Å². The van der Waals surface area contributed by atoms with Crippen LogP contribution in [0.4, 0.5) is 0 Å². The molecule has 6 N–H and O–H groups in total. The maximum atomic E-state index is 13.2. The minimum Gasteiger partial charge on any atom is -0.504 e. The maximum absolute atomic E-state index is 13.2. The van der Waals surface area contributed by atoms with E-state index in [4.69, 9.17) is 20.9 Å². The summed E-state index contributed by atoms with van der Waals surface area (Å²) in [4.78, 5) is 17.8. The molecule has 256 valence electrons. The summed E-state index contributed by atoms with van der Waals surface area (Å²) in [6.45, 7) is 4.65.